The number of pyridine rings is 1. The van der Waals surface area contributed by atoms with Crippen molar-refractivity contribution in [1.82, 2.24) is 9.71 Å². The lowest BCUT2D eigenvalue weighted by molar-refractivity contribution is -0.118. The number of hydrogen-bond acceptors (Lipinski definition) is 4. The highest BCUT2D eigenvalue weighted by molar-refractivity contribution is 7.89. The van der Waals surface area contributed by atoms with E-state index >= 15 is 0 Å². The van der Waals surface area contributed by atoms with E-state index in [4.69, 9.17) is 5.73 Å². The second-order valence-corrected chi connectivity index (χ2v) is 6.54. The van der Waals surface area contributed by atoms with E-state index in [-0.39, 0.29) is 17.9 Å². The molecule has 3 N–H and O–H groups in total. The number of nitrogens with zero attached hydrogens (tertiary/aromatic N) is 1. The highest BCUT2D eigenvalue weighted by Crippen LogP contribution is 2.21. The molecule has 0 saturated heterocycles. The molecule has 0 aliphatic carbocycles. The van der Waals surface area contributed by atoms with E-state index in [9.17, 15) is 13.2 Å². The lowest BCUT2D eigenvalue weighted by atomic mass is 10.2. The average Bonchev–Trinajstić information content (AvgIpc) is 2.42. The molecular formula is C14H17N3O3S. The minimum Gasteiger partial charge on any atom is -0.370 e. The maximum atomic E-state index is 12.3. The molecule has 0 atom stereocenters. The van der Waals surface area contributed by atoms with Crippen LogP contribution in [0.25, 0.3) is 10.9 Å². The molecular weight excluding hydrogens is 290 g/mol. The lowest BCUT2D eigenvalue weighted by Crippen LogP contribution is -2.26. The fourth-order valence-corrected chi connectivity index (χ4v) is 3.26. The third-order valence-electron chi connectivity index (χ3n) is 2.99. The summed E-state index contributed by atoms with van der Waals surface area (Å²) in [5.41, 5.74) is 6.42. The van der Waals surface area contributed by atoms with Crippen LogP contribution in [0.15, 0.2) is 35.4 Å². The molecule has 0 unspecified atom stereocenters. The van der Waals surface area contributed by atoms with Gasteiger partial charge in [0.05, 0.1) is 5.52 Å². The molecule has 112 valence electrons. The first kappa shape index (κ1) is 15.4. The third kappa shape index (κ3) is 3.77. The zero-order valence-electron chi connectivity index (χ0n) is 11.7. The summed E-state index contributed by atoms with van der Waals surface area (Å²) in [4.78, 5) is 15.0. The number of fused-ring (bicyclic) bond motifs is 1. The Morgan fingerprint density at radius 3 is 2.86 bits per heavy atom. The summed E-state index contributed by atoms with van der Waals surface area (Å²) in [5.74, 6) is -0.448. The molecule has 2 aromatic rings. The minimum absolute atomic E-state index is 0.138. The number of sulfonamides is 1. The normalized spacial score (nSPS) is 11.7. The van der Waals surface area contributed by atoms with E-state index in [0.29, 0.717) is 11.9 Å². The van der Waals surface area contributed by atoms with Crippen molar-refractivity contribution in [2.45, 2.75) is 24.7 Å². The van der Waals surface area contributed by atoms with E-state index in [1.54, 1.807) is 12.3 Å². The van der Waals surface area contributed by atoms with Crippen molar-refractivity contribution in [3.05, 3.63) is 36.0 Å². The first-order chi connectivity index (χ1) is 9.90. The molecule has 0 aliphatic rings. The first-order valence-electron chi connectivity index (χ1n) is 6.53. The Morgan fingerprint density at radius 2 is 2.14 bits per heavy atom. The number of hydrogen-bond donors (Lipinski definition) is 2. The molecule has 6 nitrogen and oxygen atoms in total. The Morgan fingerprint density at radius 1 is 1.38 bits per heavy atom. The molecule has 1 heterocycles. The molecule has 2 rings (SSSR count). The van der Waals surface area contributed by atoms with Crippen LogP contribution in [0.4, 0.5) is 0 Å². The monoisotopic (exact) mass is 307 g/mol. The van der Waals surface area contributed by atoms with Crippen LogP contribution in [0, 0.1) is 6.92 Å². The molecule has 0 aliphatic heterocycles. The number of carbonyl (C=O) groups excluding carboxylic acids is 1. The van der Waals surface area contributed by atoms with E-state index < -0.39 is 15.9 Å². The Labute approximate surface area is 123 Å². The van der Waals surface area contributed by atoms with Gasteiger partial charge in [0.25, 0.3) is 0 Å². The molecule has 1 amide bonds. The predicted molar refractivity (Wildman–Crippen MR) is 80.1 cm³/mol. The van der Waals surface area contributed by atoms with Crippen LogP contribution in [0.3, 0.4) is 0 Å². The smallest absolute Gasteiger partial charge is 0.242 e. The van der Waals surface area contributed by atoms with Gasteiger partial charge in [-0.25, -0.2) is 13.1 Å². The Hall–Kier alpha value is -1.99. The topological polar surface area (TPSA) is 102 Å². The van der Waals surface area contributed by atoms with Crippen LogP contribution >= 0.6 is 0 Å². The number of rotatable bonds is 6. The van der Waals surface area contributed by atoms with Crippen LogP contribution in [0.5, 0.6) is 0 Å². The number of primary amides is 1. The predicted octanol–water partition coefficient (Wildman–Crippen LogP) is 1.09. The van der Waals surface area contributed by atoms with Crippen molar-refractivity contribution in [2.24, 2.45) is 5.73 Å². The number of nitrogens with two attached hydrogens (primary N) is 1. The van der Waals surface area contributed by atoms with Crippen molar-refractivity contribution in [2.75, 3.05) is 6.54 Å². The van der Waals surface area contributed by atoms with E-state index in [0.717, 1.165) is 10.9 Å². The Bertz CT molecular complexity index is 772. The van der Waals surface area contributed by atoms with Gasteiger partial charge >= 0.3 is 0 Å². The summed E-state index contributed by atoms with van der Waals surface area (Å²) in [5, 5.41) is 0.773. The molecule has 1 aromatic carbocycles. The highest BCUT2D eigenvalue weighted by Gasteiger charge is 2.17. The third-order valence-corrected chi connectivity index (χ3v) is 4.48. The van der Waals surface area contributed by atoms with Crippen molar-refractivity contribution < 1.29 is 13.2 Å². The summed E-state index contributed by atoms with van der Waals surface area (Å²) < 4.78 is 27.1. The van der Waals surface area contributed by atoms with E-state index in [2.05, 4.69) is 9.71 Å². The van der Waals surface area contributed by atoms with Gasteiger partial charge in [-0.05, 0) is 31.0 Å². The van der Waals surface area contributed by atoms with Crippen LogP contribution in [-0.2, 0) is 14.8 Å². The maximum Gasteiger partial charge on any atom is 0.242 e. The van der Waals surface area contributed by atoms with Gasteiger partial charge in [-0.2, -0.15) is 0 Å². The van der Waals surface area contributed by atoms with E-state index in [1.807, 2.05) is 19.1 Å². The molecule has 7 heteroatoms. The molecule has 1 aromatic heterocycles. The average molecular weight is 307 g/mol. The lowest BCUT2D eigenvalue weighted by Gasteiger charge is -2.09. The van der Waals surface area contributed by atoms with Crippen molar-refractivity contribution in [3.63, 3.8) is 0 Å². The number of carbonyl (C=O) groups is 1. The zero-order chi connectivity index (χ0) is 15.5. The number of nitrogens with one attached hydrogen (secondary N) is 1. The van der Waals surface area contributed by atoms with Gasteiger partial charge in [-0.3, -0.25) is 9.78 Å². The molecule has 0 saturated carbocycles. The second kappa shape index (κ2) is 6.19. The van der Waals surface area contributed by atoms with Gasteiger partial charge in [-0.1, -0.05) is 12.1 Å². The van der Waals surface area contributed by atoms with Gasteiger partial charge < -0.3 is 5.73 Å². The second-order valence-electron chi connectivity index (χ2n) is 4.81. The van der Waals surface area contributed by atoms with Gasteiger partial charge in [0.15, 0.2) is 0 Å². The van der Waals surface area contributed by atoms with Crippen LogP contribution < -0.4 is 10.5 Å². The minimum atomic E-state index is -3.66. The quantitative estimate of drug-likeness (QED) is 0.780. The van der Waals surface area contributed by atoms with Gasteiger partial charge in [0.1, 0.15) is 4.90 Å². The summed E-state index contributed by atoms with van der Waals surface area (Å²) in [6, 6.07) is 6.90. The maximum absolute atomic E-state index is 12.3. The summed E-state index contributed by atoms with van der Waals surface area (Å²) in [7, 11) is -3.66. The van der Waals surface area contributed by atoms with Crippen molar-refractivity contribution >= 4 is 26.8 Å². The highest BCUT2D eigenvalue weighted by atomic mass is 32.2. The van der Waals surface area contributed by atoms with Gasteiger partial charge in [0.2, 0.25) is 15.9 Å². The summed E-state index contributed by atoms with van der Waals surface area (Å²) in [6.45, 7) is 2.06. The van der Waals surface area contributed by atoms with E-state index in [1.165, 1.54) is 6.07 Å². The molecule has 21 heavy (non-hydrogen) atoms. The number of aryl methyl sites for hydroxylation is 1. The number of para-hydroxylation sites is 1. The van der Waals surface area contributed by atoms with Gasteiger partial charge in [0, 0.05) is 24.5 Å². The first-order valence-corrected chi connectivity index (χ1v) is 8.02. The standard InChI is InChI=1S/C14H17N3O3S/c1-10-8-11-4-2-5-12(14(11)16-9-10)21(19,20)17-7-3-6-13(15)18/h2,4-5,8-9,17H,3,6-7H2,1H3,(H2,15,18). The molecule has 0 radical (unpaired) electrons. The fraction of sp³-hybridized carbons (Fsp3) is 0.286. The van der Waals surface area contributed by atoms with Crippen LogP contribution in [-0.4, -0.2) is 25.9 Å². The molecule has 0 fully saturated rings. The fourth-order valence-electron chi connectivity index (χ4n) is 2.01. The Balaban J connectivity index is 2.26. The molecule has 0 spiro atoms. The van der Waals surface area contributed by atoms with Crippen molar-refractivity contribution in [1.29, 1.82) is 0 Å². The summed E-state index contributed by atoms with van der Waals surface area (Å²) in [6.07, 6.45) is 2.15. The number of benzene rings is 1. The van der Waals surface area contributed by atoms with Crippen LogP contribution in [0.1, 0.15) is 18.4 Å². The zero-order valence-corrected chi connectivity index (χ0v) is 12.5. The molecule has 0 bridgehead atoms. The SMILES string of the molecule is Cc1cnc2c(S(=O)(=O)NCCCC(N)=O)cccc2c1. The number of amides is 1. The Kier molecular flexibility index (Phi) is 4.54. The number of aromatic nitrogens is 1. The largest absolute Gasteiger partial charge is 0.370 e. The van der Waals surface area contributed by atoms with Crippen LogP contribution in [0.2, 0.25) is 0 Å². The van der Waals surface area contributed by atoms with Gasteiger partial charge in [-0.15, -0.1) is 0 Å². The van der Waals surface area contributed by atoms with Crippen molar-refractivity contribution in [3.8, 4) is 0 Å². The summed E-state index contributed by atoms with van der Waals surface area (Å²) >= 11 is 0.